The van der Waals surface area contributed by atoms with E-state index in [1.807, 2.05) is 0 Å². The molecule has 0 bridgehead atoms. The van der Waals surface area contributed by atoms with Crippen LogP contribution in [0.5, 0.6) is 0 Å². The predicted octanol–water partition coefficient (Wildman–Crippen LogP) is 3.04. The molecule has 1 unspecified atom stereocenters. The molecule has 1 rings (SSSR count). The van der Waals surface area contributed by atoms with E-state index in [1.54, 1.807) is 6.26 Å². The van der Waals surface area contributed by atoms with Gasteiger partial charge in [-0.25, -0.2) is 0 Å². The summed E-state index contributed by atoms with van der Waals surface area (Å²) in [6.07, 6.45) is 13.4. The first kappa shape index (κ1) is 8.38. The van der Waals surface area contributed by atoms with Gasteiger partial charge in [0.25, 0.3) is 0 Å². The minimum Gasteiger partial charge on any atom is -0.494 e. The van der Waals surface area contributed by atoms with Gasteiger partial charge in [-0.1, -0.05) is 25.8 Å². The van der Waals surface area contributed by atoms with E-state index in [-0.39, 0.29) is 0 Å². The minimum atomic E-state index is 0.326. The predicted molar refractivity (Wildman–Crippen MR) is 47.3 cm³/mol. The van der Waals surface area contributed by atoms with Crippen molar-refractivity contribution in [1.82, 2.24) is 0 Å². The van der Waals surface area contributed by atoms with E-state index in [4.69, 9.17) is 4.74 Å². The lowest BCUT2D eigenvalue weighted by Crippen LogP contribution is -1.97. The molecule has 0 saturated carbocycles. The Kier molecular flexibility index (Phi) is 3.81. The van der Waals surface area contributed by atoms with E-state index in [9.17, 15) is 0 Å². The van der Waals surface area contributed by atoms with Crippen LogP contribution in [0.2, 0.25) is 0 Å². The number of allylic oxidation sites excluding steroid dienone is 1. The zero-order valence-corrected chi connectivity index (χ0v) is 7.12. The van der Waals surface area contributed by atoms with E-state index in [1.165, 1.54) is 19.3 Å². The second-order valence-electron chi connectivity index (χ2n) is 2.85. The second-order valence-corrected chi connectivity index (χ2v) is 2.85. The van der Waals surface area contributed by atoms with Gasteiger partial charge in [-0.2, -0.15) is 0 Å². The molecule has 11 heavy (non-hydrogen) atoms. The maximum absolute atomic E-state index is 5.27. The van der Waals surface area contributed by atoms with Crippen LogP contribution < -0.4 is 0 Å². The molecule has 0 aromatic carbocycles. The fourth-order valence-corrected chi connectivity index (χ4v) is 1.10. The van der Waals surface area contributed by atoms with Crippen LogP contribution in [-0.2, 0) is 4.74 Å². The smallest absolute Gasteiger partial charge is 0.119 e. The highest BCUT2D eigenvalue weighted by Crippen LogP contribution is 2.10. The third kappa shape index (κ3) is 3.26. The minimum absolute atomic E-state index is 0.326. The van der Waals surface area contributed by atoms with Crippen molar-refractivity contribution in [3.05, 3.63) is 24.5 Å². The number of hydrogen-bond acceptors (Lipinski definition) is 1. The Bertz CT molecular complexity index is 139. The van der Waals surface area contributed by atoms with Gasteiger partial charge in [-0.05, 0) is 18.6 Å². The second kappa shape index (κ2) is 5.00. The summed E-state index contributed by atoms with van der Waals surface area (Å²) < 4.78 is 5.27. The van der Waals surface area contributed by atoms with Gasteiger partial charge >= 0.3 is 0 Å². The molecule has 1 atom stereocenters. The van der Waals surface area contributed by atoms with Crippen molar-refractivity contribution in [2.45, 2.75) is 38.7 Å². The molecule has 0 N–H and O–H groups in total. The number of ether oxygens (including phenoxy) is 1. The van der Waals surface area contributed by atoms with Crippen molar-refractivity contribution >= 4 is 0 Å². The maximum Gasteiger partial charge on any atom is 0.119 e. The SMILES string of the molecule is CCCC/C=C/C1CC=CO1. The van der Waals surface area contributed by atoms with Crippen molar-refractivity contribution in [3.63, 3.8) is 0 Å². The Labute approximate surface area is 68.8 Å². The molecule has 1 nitrogen and oxygen atoms in total. The molecule has 0 aromatic rings. The molecule has 0 amide bonds. The molecule has 0 aromatic heterocycles. The van der Waals surface area contributed by atoms with Crippen molar-refractivity contribution in [2.24, 2.45) is 0 Å². The van der Waals surface area contributed by atoms with E-state index in [0.717, 1.165) is 6.42 Å². The normalized spacial score (nSPS) is 22.8. The fourth-order valence-electron chi connectivity index (χ4n) is 1.10. The van der Waals surface area contributed by atoms with E-state index < -0.39 is 0 Å². The molecule has 0 fully saturated rings. The lowest BCUT2D eigenvalue weighted by Gasteiger charge is -2.02. The van der Waals surface area contributed by atoms with Gasteiger partial charge in [-0.3, -0.25) is 0 Å². The standard InChI is InChI=1S/C10H16O/c1-2-3-4-5-7-10-8-6-9-11-10/h5-7,9-10H,2-4,8H2,1H3/b7-5+. The molecule has 1 aliphatic rings. The van der Waals surface area contributed by atoms with E-state index in [2.05, 4.69) is 25.2 Å². The first-order valence-corrected chi connectivity index (χ1v) is 4.40. The molecule has 0 spiro atoms. The molecule has 1 heterocycles. The molecule has 1 heteroatoms. The fraction of sp³-hybridized carbons (Fsp3) is 0.600. The first-order valence-electron chi connectivity index (χ1n) is 4.40. The molecule has 0 saturated heterocycles. The Morgan fingerprint density at radius 2 is 2.55 bits per heavy atom. The van der Waals surface area contributed by atoms with Crippen LogP contribution in [0.4, 0.5) is 0 Å². The molecular weight excluding hydrogens is 136 g/mol. The molecule has 0 radical (unpaired) electrons. The van der Waals surface area contributed by atoms with Crippen LogP contribution in [0, 0.1) is 0 Å². The third-order valence-electron chi connectivity index (χ3n) is 1.79. The van der Waals surface area contributed by atoms with E-state index in [0.29, 0.717) is 6.10 Å². The number of hydrogen-bond donors (Lipinski definition) is 0. The van der Waals surface area contributed by atoms with Crippen molar-refractivity contribution < 1.29 is 4.74 Å². The quantitative estimate of drug-likeness (QED) is 0.444. The Morgan fingerprint density at radius 1 is 1.64 bits per heavy atom. The van der Waals surface area contributed by atoms with Gasteiger partial charge < -0.3 is 4.74 Å². The summed E-state index contributed by atoms with van der Waals surface area (Å²) in [5.41, 5.74) is 0. The zero-order chi connectivity index (χ0) is 7.94. The van der Waals surface area contributed by atoms with Gasteiger partial charge in [-0.15, -0.1) is 0 Å². The first-order chi connectivity index (χ1) is 5.43. The summed E-state index contributed by atoms with van der Waals surface area (Å²) in [5, 5.41) is 0. The topological polar surface area (TPSA) is 9.23 Å². The Balaban J connectivity index is 2.04. The highest BCUT2D eigenvalue weighted by Gasteiger charge is 2.04. The summed E-state index contributed by atoms with van der Waals surface area (Å²) in [5.74, 6) is 0. The van der Waals surface area contributed by atoms with Crippen LogP contribution >= 0.6 is 0 Å². The van der Waals surface area contributed by atoms with Gasteiger partial charge in [0.15, 0.2) is 0 Å². The monoisotopic (exact) mass is 152 g/mol. The van der Waals surface area contributed by atoms with Gasteiger partial charge in [0, 0.05) is 6.42 Å². The van der Waals surface area contributed by atoms with Crippen molar-refractivity contribution in [2.75, 3.05) is 0 Å². The van der Waals surface area contributed by atoms with Gasteiger partial charge in [0.1, 0.15) is 6.10 Å². The molecule has 62 valence electrons. The van der Waals surface area contributed by atoms with Crippen LogP contribution in [-0.4, -0.2) is 6.10 Å². The number of unbranched alkanes of at least 4 members (excludes halogenated alkanes) is 2. The summed E-state index contributed by atoms with van der Waals surface area (Å²) >= 11 is 0. The largest absolute Gasteiger partial charge is 0.494 e. The van der Waals surface area contributed by atoms with Crippen LogP contribution in [0.3, 0.4) is 0 Å². The Hall–Kier alpha value is -0.720. The summed E-state index contributed by atoms with van der Waals surface area (Å²) in [6.45, 7) is 2.21. The maximum atomic E-state index is 5.27. The highest BCUT2D eigenvalue weighted by molar-refractivity contribution is 4.98. The highest BCUT2D eigenvalue weighted by atomic mass is 16.5. The Morgan fingerprint density at radius 3 is 3.18 bits per heavy atom. The molecule has 0 aliphatic carbocycles. The van der Waals surface area contributed by atoms with Crippen molar-refractivity contribution in [3.8, 4) is 0 Å². The van der Waals surface area contributed by atoms with Gasteiger partial charge in [0.2, 0.25) is 0 Å². The summed E-state index contributed by atoms with van der Waals surface area (Å²) in [7, 11) is 0. The van der Waals surface area contributed by atoms with Crippen LogP contribution in [0.15, 0.2) is 24.5 Å². The van der Waals surface area contributed by atoms with Crippen molar-refractivity contribution in [1.29, 1.82) is 0 Å². The summed E-state index contributed by atoms with van der Waals surface area (Å²) in [4.78, 5) is 0. The average Bonchev–Trinajstić information content (AvgIpc) is 2.50. The average molecular weight is 152 g/mol. The summed E-state index contributed by atoms with van der Waals surface area (Å²) in [6, 6.07) is 0. The third-order valence-corrected chi connectivity index (χ3v) is 1.79. The number of rotatable bonds is 4. The lowest BCUT2D eigenvalue weighted by molar-refractivity contribution is 0.214. The molecular formula is C10H16O. The van der Waals surface area contributed by atoms with Gasteiger partial charge in [0.05, 0.1) is 6.26 Å². The molecule has 1 aliphatic heterocycles. The van der Waals surface area contributed by atoms with Crippen LogP contribution in [0.1, 0.15) is 32.6 Å². The zero-order valence-electron chi connectivity index (χ0n) is 7.12. The van der Waals surface area contributed by atoms with E-state index >= 15 is 0 Å². The lowest BCUT2D eigenvalue weighted by atomic mass is 10.2. The van der Waals surface area contributed by atoms with Crippen LogP contribution in [0.25, 0.3) is 0 Å².